The van der Waals surface area contributed by atoms with Gasteiger partial charge in [0.2, 0.25) is 0 Å². The first-order chi connectivity index (χ1) is 6.32. The number of alkyl halides is 3. The Morgan fingerprint density at radius 2 is 2.07 bits per heavy atom. The first-order valence-electron chi connectivity index (χ1n) is 3.48. The van der Waals surface area contributed by atoms with Gasteiger partial charge < -0.3 is 15.6 Å². The summed E-state index contributed by atoms with van der Waals surface area (Å²) in [4.78, 5) is 0. The van der Waals surface area contributed by atoms with E-state index in [0.717, 1.165) is 6.20 Å². The van der Waals surface area contributed by atoms with Gasteiger partial charge in [0.05, 0.1) is 11.8 Å². The SMILES string of the molecule is [O-][NH+](O)C1=CNC(O)C(C(F)(F)F)=C1. The van der Waals surface area contributed by atoms with Gasteiger partial charge in [0, 0.05) is 6.08 Å². The molecule has 0 amide bonds. The molecule has 4 N–H and O–H groups in total. The lowest BCUT2D eigenvalue weighted by Gasteiger charge is -2.24. The van der Waals surface area contributed by atoms with E-state index in [0.29, 0.717) is 6.08 Å². The summed E-state index contributed by atoms with van der Waals surface area (Å²) in [6.45, 7) is 0. The number of dihydropyridines is 1. The van der Waals surface area contributed by atoms with Crippen molar-refractivity contribution in [3.63, 3.8) is 0 Å². The molecule has 0 bridgehead atoms. The van der Waals surface area contributed by atoms with Crippen LogP contribution in [0.25, 0.3) is 0 Å². The lowest BCUT2D eigenvalue weighted by molar-refractivity contribution is -1.01. The number of nitrogens with one attached hydrogen (secondary N) is 2. The second-order valence-corrected chi connectivity index (χ2v) is 2.57. The van der Waals surface area contributed by atoms with Crippen LogP contribution in [-0.4, -0.2) is 22.7 Å². The predicted octanol–water partition coefficient (Wildman–Crippen LogP) is -0.990. The van der Waals surface area contributed by atoms with E-state index in [2.05, 4.69) is 0 Å². The van der Waals surface area contributed by atoms with Gasteiger partial charge in [-0.25, -0.2) is 5.21 Å². The normalized spacial score (nSPS) is 24.9. The lowest BCUT2D eigenvalue weighted by atomic mass is 10.1. The van der Waals surface area contributed by atoms with Crippen LogP contribution < -0.4 is 10.5 Å². The Labute approximate surface area is 76.3 Å². The van der Waals surface area contributed by atoms with Crippen LogP contribution in [0.1, 0.15) is 0 Å². The highest BCUT2D eigenvalue weighted by atomic mass is 19.4. The summed E-state index contributed by atoms with van der Waals surface area (Å²) in [5.41, 5.74) is -1.87. The molecular formula is C6H7F3N2O3. The second kappa shape index (κ2) is 3.58. The molecule has 2 atom stereocenters. The van der Waals surface area contributed by atoms with Crippen LogP contribution in [0.3, 0.4) is 0 Å². The zero-order valence-electron chi connectivity index (χ0n) is 6.67. The van der Waals surface area contributed by atoms with Gasteiger partial charge in [-0.2, -0.15) is 18.4 Å². The molecule has 0 radical (unpaired) electrons. The average molecular weight is 212 g/mol. The minimum absolute atomic E-state index is 0.392. The minimum atomic E-state index is -4.75. The number of quaternary nitrogens is 1. The molecule has 0 aliphatic carbocycles. The number of aliphatic hydroxyl groups is 1. The molecule has 0 saturated carbocycles. The molecule has 1 heterocycles. The highest BCUT2D eigenvalue weighted by Crippen LogP contribution is 2.29. The molecule has 14 heavy (non-hydrogen) atoms. The number of halogens is 3. The quantitative estimate of drug-likeness (QED) is 0.421. The summed E-state index contributed by atoms with van der Waals surface area (Å²) in [7, 11) is 0. The molecular weight excluding hydrogens is 205 g/mol. The van der Waals surface area contributed by atoms with Crippen molar-refractivity contribution in [1.29, 1.82) is 0 Å². The molecule has 80 valence electrons. The number of rotatable bonds is 1. The highest BCUT2D eigenvalue weighted by molar-refractivity contribution is 5.27. The number of hydroxylamine groups is 2. The monoisotopic (exact) mass is 212 g/mol. The van der Waals surface area contributed by atoms with Gasteiger partial charge in [-0.3, -0.25) is 0 Å². The maximum absolute atomic E-state index is 12.1. The highest BCUT2D eigenvalue weighted by Gasteiger charge is 2.40. The van der Waals surface area contributed by atoms with Crippen molar-refractivity contribution in [1.82, 2.24) is 5.32 Å². The van der Waals surface area contributed by atoms with Crippen molar-refractivity contribution in [2.45, 2.75) is 12.4 Å². The largest absolute Gasteiger partial charge is 0.595 e. The van der Waals surface area contributed by atoms with Crippen molar-refractivity contribution in [2.24, 2.45) is 0 Å². The van der Waals surface area contributed by atoms with Gasteiger partial charge in [0.15, 0.2) is 11.9 Å². The Morgan fingerprint density at radius 1 is 1.50 bits per heavy atom. The number of hydrogen-bond donors (Lipinski definition) is 4. The zero-order valence-corrected chi connectivity index (χ0v) is 6.67. The predicted molar refractivity (Wildman–Crippen MR) is 37.5 cm³/mol. The van der Waals surface area contributed by atoms with Gasteiger partial charge in [-0.15, -0.1) is 0 Å². The van der Waals surface area contributed by atoms with E-state index in [9.17, 15) is 18.4 Å². The molecule has 1 rings (SSSR count). The molecule has 0 fully saturated rings. The second-order valence-electron chi connectivity index (χ2n) is 2.57. The average Bonchev–Trinajstić information content (AvgIpc) is 2.02. The van der Waals surface area contributed by atoms with E-state index in [1.165, 1.54) is 0 Å². The van der Waals surface area contributed by atoms with E-state index in [1.807, 2.05) is 5.32 Å². The molecule has 0 aromatic rings. The van der Waals surface area contributed by atoms with Crippen molar-refractivity contribution >= 4 is 0 Å². The molecule has 5 nitrogen and oxygen atoms in total. The van der Waals surface area contributed by atoms with Crippen molar-refractivity contribution < 1.29 is 28.7 Å². The minimum Gasteiger partial charge on any atom is -0.595 e. The van der Waals surface area contributed by atoms with Crippen molar-refractivity contribution in [3.05, 3.63) is 28.8 Å². The Balaban J connectivity index is 2.97. The third-order valence-corrected chi connectivity index (χ3v) is 1.58. The van der Waals surface area contributed by atoms with Crippen LogP contribution in [-0.2, 0) is 0 Å². The first-order valence-corrected chi connectivity index (χ1v) is 3.48. The molecule has 8 heteroatoms. The van der Waals surface area contributed by atoms with E-state index in [1.54, 1.807) is 0 Å². The van der Waals surface area contributed by atoms with Crippen LogP contribution in [0, 0.1) is 5.21 Å². The molecule has 0 saturated heterocycles. The fourth-order valence-electron chi connectivity index (χ4n) is 0.907. The van der Waals surface area contributed by atoms with E-state index in [4.69, 9.17) is 10.3 Å². The van der Waals surface area contributed by atoms with Gasteiger partial charge in [0.25, 0.3) is 0 Å². The summed E-state index contributed by atoms with van der Waals surface area (Å²) in [5.74, 6) is 0. The fraction of sp³-hybridized carbons (Fsp3) is 0.333. The molecule has 1 aliphatic rings. The molecule has 2 unspecified atom stereocenters. The summed E-state index contributed by atoms with van der Waals surface area (Å²) in [6.07, 6.45) is -5.47. The maximum atomic E-state index is 12.1. The van der Waals surface area contributed by atoms with Gasteiger partial charge in [-0.1, -0.05) is 0 Å². The Morgan fingerprint density at radius 3 is 2.50 bits per heavy atom. The molecule has 0 aromatic carbocycles. The summed E-state index contributed by atoms with van der Waals surface area (Å²) in [5, 5.41) is 28.0. The lowest BCUT2D eigenvalue weighted by Crippen LogP contribution is -3.02. The fourth-order valence-corrected chi connectivity index (χ4v) is 0.907. The molecule has 0 spiro atoms. The summed E-state index contributed by atoms with van der Waals surface area (Å²) in [6, 6.07) is 0. The van der Waals surface area contributed by atoms with Gasteiger partial charge in [0.1, 0.15) is 0 Å². The zero-order chi connectivity index (χ0) is 10.9. The molecule has 1 aliphatic heterocycles. The van der Waals surface area contributed by atoms with E-state index in [-0.39, 0.29) is 0 Å². The van der Waals surface area contributed by atoms with Crippen LogP contribution in [0.4, 0.5) is 13.2 Å². The number of hydrogen-bond acceptors (Lipinski definition) is 4. The van der Waals surface area contributed by atoms with Crippen LogP contribution in [0.5, 0.6) is 0 Å². The van der Waals surface area contributed by atoms with Crippen LogP contribution in [0.2, 0.25) is 0 Å². The first kappa shape index (κ1) is 11.0. The summed E-state index contributed by atoms with van der Waals surface area (Å²) < 4.78 is 36.4. The van der Waals surface area contributed by atoms with Gasteiger partial charge >= 0.3 is 6.18 Å². The number of aliphatic hydroxyl groups excluding tert-OH is 1. The summed E-state index contributed by atoms with van der Waals surface area (Å²) >= 11 is 0. The van der Waals surface area contributed by atoms with Crippen LogP contribution >= 0.6 is 0 Å². The van der Waals surface area contributed by atoms with Crippen LogP contribution in [0.15, 0.2) is 23.5 Å². The van der Waals surface area contributed by atoms with E-state index < -0.39 is 28.9 Å². The van der Waals surface area contributed by atoms with E-state index >= 15 is 0 Å². The number of allylic oxidation sites excluding steroid dienone is 1. The third kappa shape index (κ3) is 2.23. The topological polar surface area (TPSA) is 80.0 Å². The van der Waals surface area contributed by atoms with Crippen molar-refractivity contribution in [3.8, 4) is 0 Å². The maximum Gasteiger partial charge on any atom is 0.417 e. The standard InChI is InChI=1S/C6H7F3N2O3/c7-6(8,9)4-1-3(11(13)14)2-10-5(4)12/h1-2,5,10-13H. The smallest absolute Gasteiger partial charge is 0.417 e. The Bertz CT molecular complexity index is 285. The third-order valence-electron chi connectivity index (χ3n) is 1.58. The molecule has 0 aromatic heterocycles. The Kier molecular flexibility index (Phi) is 2.81. The van der Waals surface area contributed by atoms with Crippen molar-refractivity contribution in [2.75, 3.05) is 0 Å². The Hall–Kier alpha value is -1.09. The van der Waals surface area contributed by atoms with Gasteiger partial charge in [-0.05, 0) is 0 Å².